The fraction of sp³-hybridized carbons (Fsp3) is 0.500. The largest absolute Gasteiger partial charge is 0.480 e. The van der Waals surface area contributed by atoms with Gasteiger partial charge < -0.3 is 14.9 Å². The van der Waals surface area contributed by atoms with Crippen molar-refractivity contribution in [3.05, 3.63) is 18.0 Å². The molecule has 0 fully saturated rings. The molecule has 0 spiro atoms. The average molecular weight is 294 g/mol. The quantitative estimate of drug-likeness (QED) is 0.844. The highest BCUT2D eigenvalue weighted by atomic mass is 19.4. The van der Waals surface area contributed by atoms with E-state index < -0.39 is 31.3 Å². The van der Waals surface area contributed by atoms with E-state index in [1.165, 1.54) is 19.4 Å². The Kier molecular flexibility index (Phi) is 4.94. The van der Waals surface area contributed by atoms with Gasteiger partial charge in [0.15, 0.2) is 0 Å². The van der Waals surface area contributed by atoms with Crippen molar-refractivity contribution in [1.82, 2.24) is 20.0 Å². The molecule has 0 unspecified atom stereocenters. The lowest BCUT2D eigenvalue weighted by atomic mass is 10.3. The summed E-state index contributed by atoms with van der Waals surface area (Å²) in [5.41, 5.74) is 0.586. The number of carbonyl (C=O) groups excluding carboxylic acids is 1. The highest BCUT2D eigenvalue weighted by molar-refractivity contribution is 5.80. The van der Waals surface area contributed by atoms with Crippen LogP contribution in [0.15, 0.2) is 12.4 Å². The third kappa shape index (κ3) is 5.16. The van der Waals surface area contributed by atoms with Gasteiger partial charge in [0.05, 0.1) is 12.7 Å². The van der Waals surface area contributed by atoms with Crippen molar-refractivity contribution in [3.63, 3.8) is 0 Å². The molecule has 10 heteroatoms. The summed E-state index contributed by atoms with van der Waals surface area (Å²) in [5.74, 6) is -1.51. The Morgan fingerprint density at radius 1 is 1.45 bits per heavy atom. The smallest absolute Gasteiger partial charge is 0.406 e. The maximum Gasteiger partial charge on any atom is 0.406 e. The lowest BCUT2D eigenvalue weighted by molar-refractivity contribution is -0.149. The number of aromatic amines is 1. The summed E-state index contributed by atoms with van der Waals surface area (Å²) < 4.78 is 37.0. The first-order chi connectivity index (χ1) is 9.19. The lowest BCUT2D eigenvalue weighted by Crippen LogP contribution is -2.47. The maximum absolute atomic E-state index is 12.3. The Balaban J connectivity index is 2.73. The van der Waals surface area contributed by atoms with Crippen molar-refractivity contribution < 1.29 is 27.9 Å². The van der Waals surface area contributed by atoms with Crippen molar-refractivity contribution >= 4 is 12.0 Å². The monoisotopic (exact) mass is 294 g/mol. The Hall–Kier alpha value is -2.26. The first-order valence-electron chi connectivity index (χ1n) is 5.45. The van der Waals surface area contributed by atoms with E-state index in [4.69, 9.17) is 5.11 Å². The van der Waals surface area contributed by atoms with E-state index in [-0.39, 0.29) is 11.4 Å². The normalized spacial score (nSPS) is 11.2. The van der Waals surface area contributed by atoms with Gasteiger partial charge in [0.1, 0.15) is 13.1 Å². The zero-order chi connectivity index (χ0) is 15.3. The van der Waals surface area contributed by atoms with Crippen LogP contribution in [-0.4, -0.2) is 63.4 Å². The molecule has 0 aliphatic rings. The third-order valence-electron chi connectivity index (χ3n) is 2.27. The lowest BCUT2D eigenvalue weighted by Gasteiger charge is -2.27. The van der Waals surface area contributed by atoms with Crippen molar-refractivity contribution in [2.24, 2.45) is 0 Å². The first kappa shape index (κ1) is 15.8. The molecule has 1 rings (SSSR count). The van der Waals surface area contributed by atoms with Crippen LogP contribution in [0.4, 0.5) is 18.0 Å². The van der Waals surface area contributed by atoms with Crippen molar-refractivity contribution in [2.75, 3.05) is 20.1 Å². The van der Waals surface area contributed by atoms with Gasteiger partial charge in [0.25, 0.3) is 0 Å². The third-order valence-corrected chi connectivity index (χ3v) is 2.27. The molecular formula is C10H13F3N4O3. The molecular weight excluding hydrogens is 281 g/mol. The molecule has 20 heavy (non-hydrogen) atoms. The summed E-state index contributed by atoms with van der Waals surface area (Å²) in [7, 11) is 1.28. The predicted molar refractivity (Wildman–Crippen MR) is 60.7 cm³/mol. The second-order valence-electron chi connectivity index (χ2n) is 4.11. The van der Waals surface area contributed by atoms with Crippen LogP contribution < -0.4 is 0 Å². The van der Waals surface area contributed by atoms with Crippen LogP contribution >= 0.6 is 0 Å². The minimum atomic E-state index is -4.67. The van der Waals surface area contributed by atoms with E-state index in [9.17, 15) is 22.8 Å². The molecule has 0 aliphatic carbocycles. The minimum Gasteiger partial charge on any atom is -0.480 e. The zero-order valence-corrected chi connectivity index (χ0v) is 10.5. The van der Waals surface area contributed by atoms with E-state index in [2.05, 4.69) is 10.2 Å². The number of H-pyrrole nitrogens is 1. The molecule has 0 saturated heterocycles. The molecule has 0 saturated carbocycles. The molecule has 0 atom stereocenters. The number of carbonyl (C=O) groups is 2. The Morgan fingerprint density at radius 2 is 2.10 bits per heavy atom. The summed E-state index contributed by atoms with van der Waals surface area (Å²) in [6.45, 7) is -2.62. The van der Waals surface area contributed by atoms with Gasteiger partial charge in [0.2, 0.25) is 0 Å². The second-order valence-corrected chi connectivity index (χ2v) is 4.11. The fourth-order valence-electron chi connectivity index (χ4n) is 1.52. The van der Waals surface area contributed by atoms with Crippen molar-refractivity contribution in [1.29, 1.82) is 0 Å². The van der Waals surface area contributed by atoms with E-state index in [0.717, 1.165) is 4.90 Å². The van der Waals surface area contributed by atoms with E-state index in [1.807, 2.05) is 0 Å². The standard InChI is InChI=1S/C10H13F3N4O3/c1-16(4-7-2-14-15-3-7)9(20)17(5-8(18)19)6-10(11,12)13/h2-3H,4-6H2,1H3,(H,14,15)(H,18,19). The Labute approximate surface area is 112 Å². The van der Waals surface area contributed by atoms with Gasteiger partial charge in [-0.15, -0.1) is 0 Å². The molecule has 2 amide bonds. The number of nitrogens with zero attached hydrogens (tertiary/aromatic N) is 3. The van der Waals surface area contributed by atoms with Crippen LogP contribution in [0.2, 0.25) is 0 Å². The Morgan fingerprint density at radius 3 is 2.55 bits per heavy atom. The molecule has 0 aliphatic heterocycles. The van der Waals surface area contributed by atoms with Gasteiger partial charge in [-0.05, 0) is 0 Å². The van der Waals surface area contributed by atoms with Gasteiger partial charge in [-0.3, -0.25) is 9.89 Å². The molecule has 0 radical (unpaired) electrons. The minimum absolute atomic E-state index is 0.0172. The number of rotatable bonds is 5. The first-order valence-corrected chi connectivity index (χ1v) is 5.45. The van der Waals surface area contributed by atoms with Crippen LogP contribution in [0.3, 0.4) is 0 Å². The molecule has 0 bridgehead atoms. The molecule has 2 N–H and O–H groups in total. The van der Waals surface area contributed by atoms with E-state index >= 15 is 0 Å². The summed E-state index contributed by atoms with van der Waals surface area (Å²) in [4.78, 5) is 23.6. The zero-order valence-electron chi connectivity index (χ0n) is 10.5. The summed E-state index contributed by atoms with van der Waals surface area (Å²) in [6.07, 6.45) is -1.77. The van der Waals surface area contributed by atoms with E-state index in [1.54, 1.807) is 0 Å². The molecule has 0 aromatic carbocycles. The summed E-state index contributed by atoms with van der Waals surface area (Å²) >= 11 is 0. The number of alkyl halides is 3. The molecule has 1 heterocycles. The molecule has 7 nitrogen and oxygen atoms in total. The number of carboxylic acids is 1. The highest BCUT2D eigenvalue weighted by Gasteiger charge is 2.35. The highest BCUT2D eigenvalue weighted by Crippen LogP contribution is 2.17. The summed E-state index contributed by atoms with van der Waals surface area (Å²) in [6, 6.07) is -1.02. The topological polar surface area (TPSA) is 89.5 Å². The molecule has 1 aromatic heterocycles. The van der Waals surface area contributed by atoms with Crippen molar-refractivity contribution in [3.8, 4) is 0 Å². The second kappa shape index (κ2) is 6.26. The molecule has 112 valence electrons. The number of hydrogen-bond acceptors (Lipinski definition) is 3. The van der Waals surface area contributed by atoms with Crippen LogP contribution in [0, 0.1) is 0 Å². The summed E-state index contributed by atoms with van der Waals surface area (Å²) in [5, 5.41) is 14.7. The number of nitrogens with one attached hydrogen (secondary N) is 1. The van der Waals surface area contributed by atoms with Crippen LogP contribution in [0.5, 0.6) is 0 Å². The number of aromatic nitrogens is 2. The number of urea groups is 1. The number of carboxylic acid groups (broad SMARTS) is 1. The number of halogens is 3. The maximum atomic E-state index is 12.3. The predicted octanol–water partition coefficient (Wildman–Crippen LogP) is 0.910. The van der Waals surface area contributed by atoms with Gasteiger partial charge in [0, 0.05) is 18.8 Å². The number of hydrogen-bond donors (Lipinski definition) is 2. The fourth-order valence-corrected chi connectivity index (χ4v) is 1.52. The number of amides is 2. The van der Waals surface area contributed by atoms with Crippen molar-refractivity contribution in [2.45, 2.75) is 12.7 Å². The molecule has 1 aromatic rings. The van der Waals surface area contributed by atoms with Crippen LogP contribution in [0.1, 0.15) is 5.56 Å². The number of aliphatic carboxylic acids is 1. The van der Waals surface area contributed by atoms with Gasteiger partial charge >= 0.3 is 18.2 Å². The van der Waals surface area contributed by atoms with Gasteiger partial charge in [-0.25, -0.2) is 4.79 Å². The average Bonchev–Trinajstić information content (AvgIpc) is 2.77. The van der Waals surface area contributed by atoms with Crippen LogP contribution in [0.25, 0.3) is 0 Å². The van der Waals surface area contributed by atoms with Crippen LogP contribution in [-0.2, 0) is 11.3 Å². The Bertz CT molecular complexity index is 461. The van der Waals surface area contributed by atoms with Gasteiger partial charge in [-0.1, -0.05) is 0 Å². The van der Waals surface area contributed by atoms with Gasteiger partial charge in [-0.2, -0.15) is 18.3 Å². The van der Waals surface area contributed by atoms with E-state index in [0.29, 0.717) is 5.56 Å². The SMILES string of the molecule is CN(Cc1cn[nH]c1)C(=O)N(CC(=O)O)CC(F)(F)F.